The number of methoxy groups -OCH3 is 1. The van der Waals surface area contributed by atoms with Gasteiger partial charge in [-0.05, 0) is 56.3 Å². The van der Waals surface area contributed by atoms with E-state index in [2.05, 4.69) is 10.3 Å². The molecule has 0 amide bonds. The Morgan fingerprint density at radius 1 is 1.08 bits per heavy atom. The van der Waals surface area contributed by atoms with Crippen LogP contribution in [-0.4, -0.2) is 18.7 Å². The number of halogens is 2. The molecular weight excluding hydrogens is 359 g/mol. The molecule has 1 N–H and O–H groups in total. The molecule has 0 spiro atoms. The molecule has 25 heavy (non-hydrogen) atoms. The number of fused-ring (bicyclic) bond motifs is 1. The summed E-state index contributed by atoms with van der Waals surface area (Å²) in [6.45, 7) is 4.56. The van der Waals surface area contributed by atoms with Gasteiger partial charge in [0, 0.05) is 21.8 Å². The molecule has 1 heterocycles. The van der Waals surface area contributed by atoms with Crippen LogP contribution in [0.15, 0.2) is 42.5 Å². The van der Waals surface area contributed by atoms with Crippen molar-refractivity contribution in [2.75, 3.05) is 19.0 Å². The van der Waals surface area contributed by atoms with Gasteiger partial charge in [-0.25, -0.2) is 0 Å². The fourth-order valence-corrected chi connectivity index (χ4v) is 2.79. The number of aryl methyl sites for hydroxylation is 1. The number of hydrogen-bond acceptors (Lipinski definition) is 4. The minimum atomic E-state index is 0. The van der Waals surface area contributed by atoms with E-state index in [9.17, 15) is 0 Å². The van der Waals surface area contributed by atoms with E-state index in [1.54, 1.807) is 13.2 Å². The van der Waals surface area contributed by atoms with Crippen LogP contribution in [0.5, 0.6) is 11.5 Å². The first-order valence-corrected chi connectivity index (χ1v) is 8.13. The zero-order chi connectivity index (χ0) is 17.1. The number of nitrogens with zero attached hydrogens (tertiary/aromatic N) is 1. The van der Waals surface area contributed by atoms with Crippen LogP contribution < -0.4 is 27.2 Å². The summed E-state index contributed by atoms with van der Waals surface area (Å²) in [5.41, 5.74) is 3.57. The molecule has 2 aromatic carbocycles. The van der Waals surface area contributed by atoms with Crippen LogP contribution >= 0.6 is 11.6 Å². The third-order valence-corrected chi connectivity index (χ3v) is 3.89. The van der Waals surface area contributed by atoms with Gasteiger partial charge in [0.25, 0.3) is 0 Å². The Balaban J connectivity index is 0.00000225. The lowest BCUT2D eigenvalue weighted by atomic mass is 10.1. The minimum absolute atomic E-state index is 0. The van der Waals surface area contributed by atoms with Crippen LogP contribution in [0.4, 0.5) is 11.4 Å². The predicted molar refractivity (Wildman–Crippen MR) is 98.9 cm³/mol. The largest absolute Gasteiger partial charge is 1.00 e. The number of anilines is 2. The third-order valence-electron chi connectivity index (χ3n) is 3.65. The fraction of sp³-hybridized carbons (Fsp3) is 0.211. The summed E-state index contributed by atoms with van der Waals surface area (Å²) >= 11 is 6.13. The summed E-state index contributed by atoms with van der Waals surface area (Å²) in [7, 11) is 1.64. The molecule has 0 unspecified atom stereocenters. The predicted octanol–water partition coefficient (Wildman–Crippen LogP) is 2.35. The second kappa shape index (κ2) is 8.28. The molecule has 0 bridgehead atoms. The van der Waals surface area contributed by atoms with E-state index < -0.39 is 0 Å². The molecule has 3 aromatic rings. The van der Waals surface area contributed by atoms with Crippen LogP contribution in [0.1, 0.15) is 12.6 Å². The normalized spacial score (nSPS) is 10.2. The summed E-state index contributed by atoms with van der Waals surface area (Å²) in [5.74, 6) is 1.54. The molecule has 6 heteroatoms. The highest BCUT2D eigenvalue weighted by atomic mass is 35.5. The highest BCUT2D eigenvalue weighted by Gasteiger charge is 2.10. The average molecular weight is 378 g/mol. The molecule has 0 saturated heterocycles. The van der Waals surface area contributed by atoms with E-state index in [-0.39, 0.29) is 12.4 Å². The van der Waals surface area contributed by atoms with E-state index in [1.807, 2.05) is 50.2 Å². The van der Waals surface area contributed by atoms with Gasteiger partial charge in [0.15, 0.2) is 0 Å². The van der Waals surface area contributed by atoms with Gasteiger partial charge in [-0.1, -0.05) is 11.6 Å². The van der Waals surface area contributed by atoms with Crippen molar-refractivity contribution in [3.05, 3.63) is 53.2 Å². The van der Waals surface area contributed by atoms with E-state index in [0.29, 0.717) is 11.6 Å². The van der Waals surface area contributed by atoms with Crippen LogP contribution in [0, 0.1) is 6.92 Å². The maximum atomic E-state index is 6.13. The van der Waals surface area contributed by atoms with Gasteiger partial charge in [-0.2, -0.15) is 0 Å². The van der Waals surface area contributed by atoms with Crippen LogP contribution in [0.3, 0.4) is 0 Å². The molecule has 132 valence electrons. The highest BCUT2D eigenvalue weighted by molar-refractivity contribution is 6.31. The third kappa shape index (κ3) is 4.27. The molecule has 0 aliphatic rings. The van der Waals surface area contributed by atoms with E-state index in [0.717, 1.165) is 39.5 Å². The first-order chi connectivity index (χ1) is 11.6. The summed E-state index contributed by atoms with van der Waals surface area (Å²) in [4.78, 5) is 4.59. The minimum Gasteiger partial charge on any atom is -1.00 e. The van der Waals surface area contributed by atoms with E-state index in [1.165, 1.54) is 0 Å². The molecule has 1 aromatic heterocycles. The zero-order valence-corrected chi connectivity index (χ0v) is 15.8. The van der Waals surface area contributed by atoms with Crippen molar-refractivity contribution in [2.24, 2.45) is 0 Å². The van der Waals surface area contributed by atoms with Gasteiger partial charge >= 0.3 is 0 Å². The number of rotatable bonds is 5. The maximum Gasteiger partial charge on any atom is 0.142 e. The summed E-state index contributed by atoms with van der Waals surface area (Å²) in [6, 6.07) is 13.4. The van der Waals surface area contributed by atoms with Crippen molar-refractivity contribution in [1.29, 1.82) is 0 Å². The summed E-state index contributed by atoms with van der Waals surface area (Å²) in [6.07, 6.45) is 0. The second-order valence-electron chi connectivity index (χ2n) is 5.39. The topological polar surface area (TPSA) is 43.4 Å². The first kappa shape index (κ1) is 19.2. The highest BCUT2D eigenvalue weighted by Crippen LogP contribution is 2.34. The quantitative estimate of drug-likeness (QED) is 0.740. The van der Waals surface area contributed by atoms with Gasteiger partial charge in [0.05, 0.1) is 24.9 Å². The van der Waals surface area contributed by atoms with Crippen molar-refractivity contribution >= 4 is 33.9 Å². The number of nitrogens with one attached hydrogen (secondary N) is 1. The lowest BCUT2D eigenvalue weighted by Crippen LogP contribution is -3.00. The molecule has 0 atom stereocenters. The first-order valence-electron chi connectivity index (χ1n) is 7.75. The number of aromatic nitrogens is 1. The molecule has 0 aliphatic heterocycles. The summed E-state index contributed by atoms with van der Waals surface area (Å²) < 4.78 is 11.0. The van der Waals surface area contributed by atoms with Gasteiger partial charge in [0.1, 0.15) is 11.5 Å². The van der Waals surface area contributed by atoms with Crippen molar-refractivity contribution in [1.82, 2.24) is 4.98 Å². The summed E-state index contributed by atoms with van der Waals surface area (Å²) in [5, 5.41) is 5.03. The molecule has 0 aliphatic carbocycles. The Labute approximate surface area is 158 Å². The Morgan fingerprint density at radius 3 is 2.60 bits per heavy atom. The Kier molecular flexibility index (Phi) is 6.34. The Bertz CT molecular complexity index is 885. The number of hydrogen-bond donors (Lipinski definition) is 1. The monoisotopic (exact) mass is 377 g/mol. The van der Waals surface area contributed by atoms with Crippen LogP contribution in [-0.2, 0) is 0 Å². The lowest BCUT2D eigenvalue weighted by molar-refractivity contribution is -0.00000571. The van der Waals surface area contributed by atoms with Crippen LogP contribution in [0.25, 0.3) is 10.9 Å². The van der Waals surface area contributed by atoms with Gasteiger partial charge < -0.3 is 27.2 Å². The smallest absolute Gasteiger partial charge is 0.142 e. The van der Waals surface area contributed by atoms with Gasteiger partial charge in [0.2, 0.25) is 0 Å². The second-order valence-corrected chi connectivity index (χ2v) is 5.83. The van der Waals surface area contributed by atoms with Gasteiger partial charge in [-0.3, -0.25) is 4.98 Å². The number of pyridine rings is 1. The van der Waals surface area contributed by atoms with Gasteiger partial charge in [-0.15, -0.1) is 0 Å². The molecule has 4 nitrogen and oxygen atoms in total. The Morgan fingerprint density at radius 2 is 1.88 bits per heavy atom. The Hall–Kier alpha value is -2.17. The SMILES string of the molecule is CCOc1ccc2nc(C)cc(Nc3cc(Cl)ccc3OC)c2c1.[Cl-]. The fourth-order valence-electron chi connectivity index (χ4n) is 2.62. The molecule has 0 radical (unpaired) electrons. The lowest BCUT2D eigenvalue weighted by Gasteiger charge is -2.15. The molecule has 0 fully saturated rings. The average Bonchev–Trinajstić information content (AvgIpc) is 2.56. The van der Waals surface area contributed by atoms with Crippen molar-refractivity contribution in [3.63, 3.8) is 0 Å². The van der Waals surface area contributed by atoms with Crippen LogP contribution in [0.2, 0.25) is 5.02 Å². The van der Waals surface area contributed by atoms with E-state index >= 15 is 0 Å². The molecule has 0 saturated carbocycles. The van der Waals surface area contributed by atoms with E-state index in [4.69, 9.17) is 21.1 Å². The molecule has 3 rings (SSSR count). The molecular formula is C19H19Cl2N2O2-. The van der Waals surface area contributed by atoms with Crippen molar-refractivity contribution < 1.29 is 21.9 Å². The number of ether oxygens (including phenoxy) is 2. The zero-order valence-electron chi connectivity index (χ0n) is 14.3. The standard InChI is InChI=1S/C19H19ClN2O2.ClH/c1-4-24-14-6-7-16-15(11-14)17(9-12(2)21-16)22-18-10-13(20)5-8-19(18)23-3;/h5-11H,4H2,1-3H3,(H,21,22);1H/p-1. The van der Waals surface area contributed by atoms with Crippen molar-refractivity contribution in [2.45, 2.75) is 13.8 Å². The maximum absolute atomic E-state index is 6.13. The number of benzene rings is 2. The van der Waals surface area contributed by atoms with Crippen molar-refractivity contribution in [3.8, 4) is 11.5 Å².